The lowest BCUT2D eigenvalue weighted by atomic mass is 10.1. The van der Waals surface area contributed by atoms with Crippen LogP contribution < -0.4 is 0 Å². The van der Waals surface area contributed by atoms with Crippen LogP contribution in [-0.4, -0.2) is 48.1 Å². The van der Waals surface area contributed by atoms with Gasteiger partial charge in [-0.25, -0.2) is 0 Å². The summed E-state index contributed by atoms with van der Waals surface area (Å²) in [6, 6.07) is 6.55. The zero-order valence-corrected chi connectivity index (χ0v) is 16.0. The van der Waals surface area contributed by atoms with Crippen molar-refractivity contribution in [2.45, 2.75) is 47.6 Å². The maximum Gasteiger partial charge on any atom is 0.297 e. The molecule has 1 unspecified atom stereocenters. The highest BCUT2D eigenvalue weighted by molar-refractivity contribution is 8.18. The second-order valence-electron chi connectivity index (χ2n) is 6.13. The molecule has 1 N–H and O–H groups in total. The monoisotopic (exact) mass is 390 g/mol. The zero-order valence-electron chi connectivity index (χ0n) is 13.5. The summed E-state index contributed by atoms with van der Waals surface area (Å²) < 4.78 is 35.2. The van der Waals surface area contributed by atoms with Crippen LogP contribution in [0.2, 0.25) is 0 Å². The first-order valence-corrected chi connectivity index (χ1v) is 11.3. The molecule has 2 aliphatic heterocycles. The van der Waals surface area contributed by atoms with Gasteiger partial charge < -0.3 is 9.84 Å². The van der Waals surface area contributed by atoms with E-state index >= 15 is 0 Å². The maximum atomic E-state index is 12.3. The molecular formula is C16H22O5S3. The molecule has 0 saturated carbocycles. The SMILES string of the molecule is Cc1ccc(S(=O)(=O)OC[C@H]2CC3(CC(O)O2)SCCCS3)cc1. The number of rotatable bonds is 4. The van der Waals surface area contributed by atoms with Gasteiger partial charge in [-0.3, -0.25) is 4.18 Å². The van der Waals surface area contributed by atoms with Gasteiger partial charge in [0.15, 0.2) is 6.29 Å². The molecule has 2 atom stereocenters. The fourth-order valence-electron chi connectivity index (χ4n) is 2.90. The fraction of sp³-hybridized carbons (Fsp3) is 0.625. The molecule has 2 fully saturated rings. The molecule has 3 rings (SSSR count). The molecule has 1 aromatic rings. The predicted octanol–water partition coefficient (Wildman–Crippen LogP) is 2.76. The number of hydrogen-bond donors (Lipinski definition) is 1. The molecule has 0 amide bonds. The van der Waals surface area contributed by atoms with Crippen LogP contribution in [0.15, 0.2) is 29.2 Å². The molecule has 1 spiro atoms. The molecular weight excluding hydrogens is 368 g/mol. The minimum atomic E-state index is -3.81. The smallest absolute Gasteiger partial charge is 0.297 e. The Morgan fingerprint density at radius 1 is 1.25 bits per heavy atom. The van der Waals surface area contributed by atoms with E-state index in [4.69, 9.17) is 8.92 Å². The van der Waals surface area contributed by atoms with E-state index in [-0.39, 0.29) is 15.6 Å². The third-order valence-corrected chi connectivity index (χ3v) is 8.82. The van der Waals surface area contributed by atoms with Crippen LogP contribution in [-0.2, 0) is 19.0 Å². The van der Waals surface area contributed by atoms with Crippen molar-refractivity contribution in [1.82, 2.24) is 0 Å². The Bertz CT molecular complexity index is 653. The number of aryl methyl sites for hydroxylation is 1. The first-order valence-electron chi connectivity index (χ1n) is 7.96. The molecule has 0 aromatic heterocycles. The van der Waals surface area contributed by atoms with Gasteiger partial charge in [0.1, 0.15) is 0 Å². The number of aliphatic hydroxyl groups is 1. The highest BCUT2D eigenvalue weighted by Gasteiger charge is 2.43. The van der Waals surface area contributed by atoms with Gasteiger partial charge in [-0.15, -0.1) is 23.5 Å². The molecule has 2 aliphatic rings. The largest absolute Gasteiger partial charge is 0.368 e. The number of aliphatic hydroxyl groups excluding tert-OH is 1. The van der Waals surface area contributed by atoms with Gasteiger partial charge >= 0.3 is 0 Å². The van der Waals surface area contributed by atoms with Gasteiger partial charge in [0.25, 0.3) is 10.1 Å². The summed E-state index contributed by atoms with van der Waals surface area (Å²) in [5, 5.41) is 10.0. The molecule has 2 saturated heterocycles. The van der Waals surface area contributed by atoms with Gasteiger partial charge in [-0.05, 0) is 37.0 Å². The minimum absolute atomic E-state index is 0.0733. The van der Waals surface area contributed by atoms with Crippen molar-refractivity contribution >= 4 is 33.6 Å². The highest BCUT2D eigenvalue weighted by Crippen LogP contribution is 2.51. The zero-order chi connectivity index (χ0) is 17.2. The van der Waals surface area contributed by atoms with E-state index in [1.807, 2.05) is 30.4 Å². The van der Waals surface area contributed by atoms with E-state index in [0.717, 1.165) is 23.5 Å². The van der Waals surface area contributed by atoms with Gasteiger partial charge in [0.2, 0.25) is 0 Å². The number of ether oxygens (including phenoxy) is 1. The van der Waals surface area contributed by atoms with Crippen molar-refractivity contribution in [3.63, 3.8) is 0 Å². The van der Waals surface area contributed by atoms with Crippen molar-refractivity contribution in [2.75, 3.05) is 18.1 Å². The number of hydrogen-bond acceptors (Lipinski definition) is 7. The quantitative estimate of drug-likeness (QED) is 0.793. The molecule has 1 aromatic carbocycles. The van der Waals surface area contributed by atoms with Crippen LogP contribution in [0, 0.1) is 6.92 Å². The topological polar surface area (TPSA) is 72.8 Å². The van der Waals surface area contributed by atoms with Crippen molar-refractivity contribution < 1.29 is 22.4 Å². The average Bonchev–Trinajstić information content (AvgIpc) is 2.53. The van der Waals surface area contributed by atoms with Gasteiger partial charge in [-0.1, -0.05) is 17.7 Å². The molecule has 0 bridgehead atoms. The summed E-state index contributed by atoms with van der Waals surface area (Å²) in [6.45, 7) is 1.82. The van der Waals surface area contributed by atoms with E-state index < -0.39 is 22.5 Å². The predicted molar refractivity (Wildman–Crippen MR) is 96.7 cm³/mol. The Kier molecular flexibility index (Phi) is 5.83. The van der Waals surface area contributed by atoms with Crippen LogP contribution >= 0.6 is 23.5 Å². The molecule has 8 heteroatoms. The lowest BCUT2D eigenvalue weighted by molar-refractivity contribution is -0.170. The van der Waals surface area contributed by atoms with Crippen molar-refractivity contribution in [3.05, 3.63) is 29.8 Å². The van der Waals surface area contributed by atoms with E-state index in [0.29, 0.717) is 12.8 Å². The van der Waals surface area contributed by atoms with Crippen LogP contribution in [0.25, 0.3) is 0 Å². The fourth-order valence-corrected chi connectivity index (χ4v) is 7.31. The van der Waals surface area contributed by atoms with Gasteiger partial charge in [0, 0.05) is 12.8 Å². The minimum Gasteiger partial charge on any atom is -0.368 e. The van der Waals surface area contributed by atoms with Crippen LogP contribution in [0.1, 0.15) is 24.8 Å². The molecule has 24 heavy (non-hydrogen) atoms. The first-order chi connectivity index (χ1) is 11.4. The van der Waals surface area contributed by atoms with Crippen LogP contribution in [0.5, 0.6) is 0 Å². The van der Waals surface area contributed by atoms with Crippen LogP contribution in [0.4, 0.5) is 0 Å². The summed E-state index contributed by atoms with van der Waals surface area (Å²) in [7, 11) is -3.81. The lowest BCUT2D eigenvalue weighted by Gasteiger charge is -2.43. The summed E-state index contributed by atoms with van der Waals surface area (Å²) in [4.78, 5) is 0.139. The van der Waals surface area contributed by atoms with E-state index in [1.54, 1.807) is 12.1 Å². The molecule has 0 radical (unpaired) electrons. The van der Waals surface area contributed by atoms with Crippen molar-refractivity contribution in [2.24, 2.45) is 0 Å². The maximum absolute atomic E-state index is 12.3. The molecule has 2 heterocycles. The average molecular weight is 391 g/mol. The summed E-state index contributed by atoms with van der Waals surface area (Å²) >= 11 is 3.69. The molecule has 0 aliphatic carbocycles. The summed E-state index contributed by atoms with van der Waals surface area (Å²) in [5.41, 5.74) is 0.987. The van der Waals surface area contributed by atoms with Gasteiger partial charge in [-0.2, -0.15) is 8.42 Å². The Labute approximate surface area is 151 Å². The Balaban J connectivity index is 1.63. The van der Waals surface area contributed by atoms with Gasteiger partial charge in [0.05, 0.1) is 21.7 Å². The standard InChI is InChI=1S/C16H22O5S3/c1-12-3-5-14(6-4-12)24(18,19)20-11-13-9-16(10-15(17)21-13)22-7-2-8-23-16/h3-6,13,15,17H,2,7-11H2,1H3/t13-,15?/m1/s1. The third kappa shape index (κ3) is 4.47. The van der Waals surface area contributed by atoms with E-state index in [2.05, 4.69) is 0 Å². The number of thioether (sulfide) groups is 2. The normalized spacial score (nSPS) is 27.2. The molecule has 134 valence electrons. The summed E-state index contributed by atoms with van der Waals surface area (Å²) in [6.07, 6.45) is 1.13. The van der Waals surface area contributed by atoms with E-state index in [9.17, 15) is 13.5 Å². The number of benzene rings is 1. The van der Waals surface area contributed by atoms with Crippen molar-refractivity contribution in [3.8, 4) is 0 Å². The second-order valence-corrected chi connectivity index (χ2v) is 11.0. The highest BCUT2D eigenvalue weighted by atomic mass is 32.2. The first kappa shape index (κ1) is 18.5. The van der Waals surface area contributed by atoms with E-state index in [1.165, 1.54) is 12.1 Å². The van der Waals surface area contributed by atoms with Crippen molar-refractivity contribution in [1.29, 1.82) is 0 Å². The lowest BCUT2D eigenvalue weighted by Crippen LogP contribution is -2.44. The second kappa shape index (κ2) is 7.55. The molecule has 5 nitrogen and oxygen atoms in total. The summed E-state index contributed by atoms with van der Waals surface area (Å²) in [5.74, 6) is 2.13. The Morgan fingerprint density at radius 3 is 2.58 bits per heavy atom. The Hall–Kier alpha value is -0.250. The van der Waals surface area contributed by atoms with Crippen LogP contribution in [0.3, 0.4) is 0 Å². The third-order valence-electron chi connectivity index (χ3n) is 4.11. The Morgan fingerprint density at radius 2 is 1.92 bits per heavy atom.